The van der Waals surface area contributed by atoms with Crippen LogP contribution in [-0.4, -0.2) is 29.5 Å². The van der Waals surface area contributed by atoms with Crippen LogP contribution >= 0.6 is 0 Å². The second kappa shape index (κ2) is 8.05. The summed E-state index contributed by atoms with van der Waals surface area (Å²) in [6.45, 7) is 4.35. The van der Waals surface area contributed by atoms with Gasteiger partial charge in [-0.3, -0.25) is 4.79 Å². The molecule has 0 saturated carbocycles. The van der Waals surface area contributed by atoms with Gasteiger partial charge in [0.1, 0.15) is 11.5 Å². The number of nitrogens with one attached hydrogen (secondary N) is 3. The van der Waals surface area contributed by atoms with E-state index in [0.29, 0.717) is 12.2 Å². The van der Waals surface area contributed by atoms with Crippen LogP contribution in [0.2, 0.25) is 0 Å². The molecule has 3 rings (SSSR count). The molecule has 0 aliphatic carbocycles. The summed E-state index contributed by atoms with van der Waals surface area (Å²) in [5, 5.41) is 6.04. The van der Waals surface area contributed by atoms with Crippen molar-refractivity contribution in [1.29, 1.82) is 0 Å². The van der Waals surface area contributed by atoms with E-state index >= 15 is 0 Å². The number of aryl methyl sites for hydroxylation is 2. The first-order valence-corrected chi connectivity index (χ1v) is 8.92. The zero-order chi connectivity index (χ0) is 19.4. The first-order valence-electron chi connectivity index (χ1n) is 8.92. The monoisotopic (exact) mass is 363 g/mol. The van der Waals surface area contributed by atoms with Gasteiger partial charge in [0.2, 0.25) is 0 Å². The highest BCUT2D eigenvalue weighted by molar-refractivity contribution is 5.94. The van der Waals surface area contributed by atoms with Gasteiger partial charge in [0.15, 0.2) is 0 Å². The van der Waals surface area contributed by atoms with Gasteiger partial charge in [0.25, 0.3) is 5.91 Å². The van der Waals surface area contributed by atoms with Crippen LogP contribution in [0.5, 0.6) is 0 Å². The molecule has 27 heavy (non-hydrogen) atoms. The lowest BCUT2D eigenvalue weighted by Gasteiger charge is -2.17. The molecule has 140 valence electrons. The third kappa shape index (κ3) is 4.17. The fraction of sp³-hybridized carbons (Fsp3) is 0.238. The summed E-state index contributed by atoms with van der Waals surface area (Å²) in [7, 11) is 1.83. The van der Waals surface area contributed by atoms with E-state index in [0.717, 1.165) is 33.6 Å². The number of H-pyrrole nitrogens is 1. The molecule has 1 atom stereocenters. The molecule has 1 unspecified atom stereocenters. The average Bonchev–Trinajstić information content (AvgIpc) is 3.16. The Kier molecular flexibility index (Phi) is 5.57. The van der Waals surface area contributed by atoms with Gasteiger partial charge in [-0.25, -0.2) is 4.98 Å². The number of hydrogen-bond acceptors (Lipinski definition) is 4. The van der Waals surface area contributed by atoms with E-state index < -0.39 is 0 Å². The summed E-state index contributed by atoms with van der Waals surface area (Å²) < 4.78 is 0. The maximum Gasteiger partial charge on any atom is 0.268 e. The van der Waals surface area contributed by atoms with Crippen molar-refractivity contribution in [2.45, 2.75) is 19.9 Å². The minimum atomic E-state index is -0.234. The van der Waals surface area contributed by atoms with Crippen LogP contribution in [0.15, 0.2) is 48.8 Å². The summed E-state index contributed by atoms with van der Waals surface area (Å²) in [6, 6.07) is 11.6. The number of hydrogen-bond donors (Lipinski definition) is 4. The molecule has 0 bridgehead atoms. The summed E-state index contributed by atoms with van der Waals surface area (Å²) in [5.74, 6) is 0.601. The molecule has 2 heterocycles. The van der Waals surface area contributed by atoms with Crippen molar-refractivity contribution in [3.05, 3.63) is 71.2 Å². The summed E-state index contributed by atoms with van der Waals surface area (Å²) in [4.78, 5) is 20.1. The maximum atomic E-state index is 12.7. The lowest BCUT2D eigenvalue weighted by molar-refractivity contribution is 0.0933. The van der Waals surface area contributed by atoms with Gasteiger partial charge in [-0.05, 0) is 42.7 Å². The van der Waals surface area contributed by atoms with Crippen molar-refractivity contribution in [1.82, 2.24) is 15.3 Å². The smallest absolute Gasteiger partial charge is 0.268 e. The first kappa shape index (κ1) is 18.7. The minimum absolute atomic E-state index is 0.182. The second-order valence-electron chi connectivity index (χ2n) is 6.61. The average molecular weight is 363 g/mol. The molecule has 0 radical (unpaired) electrons. The Morgan fingerprint density at radius 3 is 2.78 bits per heavy atom. The van der Waals surface area contributed by atoms with E-state index in [-0.39, 0.29) is 11.9 Å². The lowest BCUT2D eigenvalue weighted by Crippen LogP contribution is -2.33. The molecule has 2 aromatic heterocycles. The van der Waals surface area contributed by atoms with Crippen molar-refractivity contribution >= 4 is 11.7 Å². The van der Waals surface area contributed by atoms with E-state index in [1.807, 2.05) is 69.7 Å². The third-order valence-corrected chi connectivity index (χ3v) is 4.58. The van der Waals surface area contributed by atoms with Crippen LogP contribution < -0.4 is 16.4 Å². The number of anilines is 1. The fourth-order valence-corrected chi connectivity index (χ4v) is 3.05. The Labute approximate surface area is 159 Å². The quantitative estimate of drug-likeness (QED) is 0.541. The highest BCUT2D eigenvalue weighted by Crippen LogP contribution is 2.26. The largest absolute Gasteiger partial charge is 0.373 e. The van der Waals surface area contributed by atoms with Crippen LogP contribution in [0.1, 0.15) is 33.2 Å². The maximum absolute atomic E-state index is 12.7. The molecular weight excluding hydrogens is 338 g/mol. The van der Waals surface area contributed by atoms with Gasteiger partial charge < -0.3 is 21.4 Å². The number of nitrogens with two attached hydrogens (primary N) is 1. The Morgan fingerprint density at radius 2 is 2.07 bits per heavy atom. The summed E-state index contributed by atoms with van der Waals surface area (Å²) in [5.41, 5.74) is 11.5. The van der Waals surface area contributed by atoms with Gasteiger partial charge in [0.05, 0.1) is 6.04 Å². The van der Waals surface area contributed by atoms with Crippen molar-refractivity contribution < 1.29 is 4.79 Å². The third-order valence-electron chi connectivity index (χ3n) is 4.58. The van der Waals surface area contributed by atoms with Gasteiger partial charge in [-0.15, -0.1) is 0 Å². The number of carbonyl (C=O) groups is 1. The predicted octanol–water partition coefficient (Wildman–Crippen LogP) is 3.17. The number of aromatic nitrogens is 2. The van der Waals surface area contributed by atoms with Crippen molar-refractivity contribution in [2.24, 2.45) is 5.73 Å². The first-order chi connectivity index (χ1) is 13.0. The molecule has 0 spiro atoms. The Morgan fingerprint density at radius 1 is 1.26 bits per heavy atom. The predicted molar refractivity (Wildman–Crippen MR) is 109 cm³/mol. The van der Waals surface area contributed by atoms with Crippen LogP contribution in [0.3, 0.4) is 0 Å². The van der Waals surface area contributed by atoms with Gasteiger partial charge in [-0.1, -0.05) is 29.8 Å². The lowest BCUT2D eigenvalue weighted by atomic mass is 10.0. The van der Waals surface area contributed by atoms with Crippen molar-refractivity contribution in [2.75, 3.05) is 18.9 Å². The molecule has 5 N–H and O–H groups in total. The number of nitrogens with zero attached hydrogens (tertiary/aromatic N) is 1. The molecule has 6 heteroatoms. The number of carbonyl (C=O) groups excluding carboxylic acids is 1. The number of pyridine rings is 1. The summed E-state index contributed by atoms with van der Waals surface area (Å²) >= 11 is 0. The highest BCUT2D eigenvalue weighted by atomic mass is 16.1. The molecule has 3 aromatic rings. The SMILES string of the molecule is CNc1cc(-c2c[nH]c(C(=O)NC(CN)c3cccc(C)c3)c2)c(C)cn1. The second-order valence-corrected chi connectivity index (χ2v) is 6.61. The molecule has 0 aliphatic heterocycles. The van der Waals surface area contributed by atoms with Crippen LogP contribution in [-0.2, 0) is 0 Å². The Hall–Kier alpha value is -3.12. The fourth-order valence-electron chi connectivity index (χ4n) is 3.05. The van der Waals surface area contributed by atoms with E-state index in [4.69, 9.17) is 5.73 Å². The molecule has 0 fully saturated rings. The van der Waals surface area contributed by atoms with Crippen molar-refractivity contribution in [3.8, 4) is 11.1 Å². The van der Waals surface area contributed by atoms with Crippen LogP contribution in [0.25, 0.3) is 11.1 Å². The number of rotatable bonds is 6. The topological polar surface area (TPSA) is 95.8 Å². The van der Waals surface area contributed by atoms with Crippen LogP contribution in [0.4, 0.5) is 5.82 Å². The van der Waals surface area contributed by atoms with Crippen LogP contribution in [0, 0.1) is 13.8 Å². The van der Waals surface area contributed by atoms with E-state index in [9.17, 15) is 4.79 Å². The number of amides is 1. The van der Waals surface area contributed by atoms with Gasteiger partial charge in [0, 0.05) is 31.5 Å². The molecule has 0 saturated heterocycles. The minimum Gasteiger partial charge on any atom is -0.373 e. The zero-order valence-electron chi connectivity index (χ0n) is 15.8. The molecule has 6 nitrogen and oxygen atoms in total. The highest BCUT2D eigenvalue weighted by Gasteiger charge is 2.17. The summed E-state index contributed by atoms with van der Waals surface area (Å²) in [6.07, 6.45) is 3.65. The zero-order valence-corrected chi connectivity index (χ0v) is 15.8. The molecule has 0 aliphatic rings. The number of benzene rings is 1. The Balaban J connectivity index is 1.80. The van der Waals surface area contributed by atoms with E-state index in [1.165, 1.54) is 0 Å². The number of aromatic amines is 1. The van der Waals surface area contributed by atoms with Gasteiger partial charge >= 0.3 is 0 Å². The van der Waals surface area contributed by atoms with E-state index in [2.05, 4.69) is 20.6 Å². The molecule has 1 amide bonds. The normalized spacial score (nSPS) is 11.9. The van der Waals surface area contributed by atoms with Crippen molar-refractivity contribution in [3.63, 3.8) is 0 Å². The van der Waals surface area contributed by atoms with E-state index in [1.54, 1.807) is 0 Å². The molecule has 1 aromatic carbocycles. The standard InChI is InChI=1S/C21H25N5O/c1-13-5-4-6-15(7-13)19(10-22)26-21(27)18-8-16(12-24-18)17-9-20(23-3)25-11-14(17)2/h4-9,11-12,19,24H,10,22H2,1-3H3,(H,23,25)(H,26,27). The molecular formula is C21H25N5O. The van der Waals surface area contributed by atoms with Gasteiger partial charge in [-0.2, -0.15) is 0 Å². The Bertz CT molecular complexity index is 947.